The van der Waals surface area contributed by atoms with Crippen molar-refractivity contribution in [2.75, 3.05) is 0 Å². The number of hydrogen-bond donors (Lipinski definition) is 1. The molecule has 0 aliphatic carbocycles. The van der Waals surface area contributed by atoms with Gasteiger partial charge >= 0.3 is 0 Å². The van der Waals surface area contributed by atoms with Crippen molar-refractivity contribution < 1.29 is 0 Å². The molecule has 0 atom stereocenters. The third-order valence-corrected chi connectivity index (χ3v) is 3.86. The fourth-order valence-electron chi connectivity index (χ4n) is 2.93. The van der Waals surface area contributed by atoms with E-state index < -0.39 is 0 Å². The van der Waals surface area contributed by atoms with Crippen molar-refractivity contribution in [2.24, 2.45) is 5.73 Å². The van der Waals surface area contributed by atoms with Gasteiger partial charge in [0.25, 0.3) is 0 Å². The molecule has 0 saturated carbocycles. The summed E-state index contributed by atoms with van der Waals surface area (Å²) in [4.78, 5) is 0. The van der Waals surface area contributed by atoms with Gasteiger partial charge in [0.15, 0.2) is 0 Å². The van der Waals surface area contributed by atoms with Gasteiger partial charge in [-0.1, -0.05) is 73.3 Å². The molecule has 0 saturated heterocycles. The minimum absolute atomic E-state index is 0.564. The van der Waals surface area contributed by atoms with Crippen LogP contribution in [0.4, 0.5) is 0 Å². The van der Waals surface area contributed by atoms with Crippen LogP contribution in [0, 0.1) is 0 Å². The number of nitrogens with two attached hydrogens (primary N) is 1. The summed E-state index contributed by atoms with van der Waals surface area (Å²) < 4.78 is 0. The molecule has 0 aromatic heterocycles. The van der Waals surface area contributed by atoms with Gasteiger partial charge < -0.3 is 5.73 Å². The summed E-state index contributed by atoms with van der Waals surface area (Å²) in [5, 5.41) is 0. The summed E-state index contributed by atoms with van der Waals surface area (Å²) in [5.74, 6) is 0. The molecule has 1 heteroatoms. The molecule has 0 bridgehead atoms. The van der Waals surface area contributed by atoms with Crippen LogP contribution in [0.5, 0.6) is 0 Å². The Labute approximate surface area is 145 Å². The highest BCUT2D eigenvalue weighted by Gasteiger charge is 2.11. The van der Waals surface area contributed by atoms with Crippen molar-refractivity contribution in [2.45, 2.75) is 20.8 Å². The third-order valence-electron chi connectivity index (χ3n) is 3.86. The van der Waals surface area contributed by atoms with E-state index in [2.05, 4.69) is 81.6 Å². The van der Waals surface area contributed by atoms with Crippen LogP contribution in [0.25, 0.3) is 22.3 Å². The van der Waals surface area contributed by atoms with Crippen molar-refractivity contribution in [1.29, 1.82) is 0 Å². The Hall–Kier alpha value is -2.80. The Bertz CT molecular complexity index is 763. The summed E-state index contributed by atoms with van der Waals surface area (Å²) in [6.07, 6.45) is 4.03. The highest BCUT2D eigenvalue weighted by molar-refractivity contribution is 5.88. The Morgan fingerprint density at radius 1 is 0.750 bits per heavy atom. The molecule has 0 unspecified atom stereocenters. The van der Waals surface area contributed by atoms with Crippen molar-refractivity contribution in [3.05, 3.63) is 96.2 Å². The number of hydrogen-bond acceptors (Lipinski definition) is 1. The Kier molecular flexibility index (Phi) is 5.59. The van der Waals surface area contributed by atoms with E-state index in [1.54, 1.807) is 0 Å². The number of rotatable bonds is 5. The molecule has 0 radical (unpaired) electrons. The summed E-state index contributed by atoms with van der Waals surface area (Å²) in [7, 11) is 0. The molecule has 24 heavy (non-hydrogen) atoms. The maximum absolute atomic E-state index is 5.76. The van der Waals surface area contributed by atoms with Crippen LogP contribution in [-0.2, 0) is 0 Å². The SMILES string of the molecule is C=C(C)/C=C(\C)c1ccccc1-c1ccccc1/C(C)=C/C(=C)N. The van der Waals surface area contributed by atoms with E-state index in [0.717, 1.165) is 11.1 Å². The van der Waals surface area contributed by atoms with Crippen molar-refractivity contribution in [3.63, 3.8) is 0 Å². The minimum atomic E-state index is 0.564. The van der Waals surface area contributed by atoms with Gasteiger partial charge in [-0.3, -0.25) is 0 Å². The average molecular weight is 315 g/mol. The molecule has 2 N–H and O–H groups in total. The van der Waals surface area contributed by atoms with Gasteiger partial charge in [-0.15, -0.1) is 0 Å². The average Bonchev–Trinajstić information content (AvgIpc) is 2.53. The Balaban J connectivity index is 2.67. The van der Waals surface area contributed by atoms with Crippen molar-refractivity contribution in [3.8, 4) is 11.1 Å². The lowest BCUT2D eigenvalue weighted by Gasteiger charge is -2.15. The van der Waals surface area contributed by atoms with Gasteiger partial charge in [0.2, 0.25) is 0 Å². The fraction of sp³-hybridized carbons (Fsp3) is 0.130. The van der Waals surface area contributed by atoms with E-state index in [9.17, 15) is 0 Å². The van der Waals surface area contributed by atoms with Crippen LogP contribution >= 0.6 is 0 Å². The second-order valence-corrected chi connectivity index (χ2v) is 6.17. The van der Waals surface area contributed by atoms with Crippen molar-refractivity contribution >= 4 is 11.1 Å². The monoisotopic (exact) mass is 315 g/mol. The first-order valence-electron chi connectivity index (χ1n) is 8.06. The van der Waals surface area contributed by atoms with Gasteiger partial charge in [-0.25, -0.2) is 0 Å². The number of benzene rings is 2. The van der Waals surface area contributed by atoms with Crippen LogP contribution in [0.15, 0.2) is 85.1 Å². The lowest BCUT2D eigenvalue weighted by molar-refractivity contribution is 1.43. The number of allylic oxidation sites excluding steroid dienone is 5. The van der Waals surface area contributed by atoms with E-state index in [0.29, 0.717) is 5.70 Å². The molecule has 2 aromatic rings. The van der Waals surface area contributed by atoms with Gasteiger partial charge in [0.1, 0.15) is 0 Å². The first-order chi connectivity index (χ1) is 11.4. The minimum Gasteiger partial charge on any atom is -0.399 e. The molecule has 0 fully saturated rings. The van der Waals surface area contributed by atoms with E-state index in [4.69, 9.17) is 5.73 Å². The lowest BCUT2D eigenvalue weighted by Crippen LogP contribution is -1.94. The van der Waals surface area contributed by atoms with Gasteiger partial charge in [0, 0.05) is 5.70 Å². The summed E-state index contributed by atoms with van der Waals surface area (Å²) in [6, 6.07) is 16.9. The maximum atomic E-state index is 5.76. The van der Waals surface area contributed by atoms with Crippen LogP contribution in [0.3, 0.4) is 0 Å². The van der Waals surface area contributed by atoms with Gasteiger partial charge in [-0.2, -0.15) is 0 Å². The topological polar surface area (TPSA) is 26.0 Å². The zero-order valence-electron chi connectivity index (χ0n) is 14.8. The predicted molar refractivity (Wildman–Crippen MR) is 107 cm³/mol. The van der Waals surface area contributed by atoms with Gasteiger partial charge in [0.05, 0.1) is 0 Å². The second-order valence-electron chi connectivity index (χ2n) is 6.17. The highest BCUT2D eigenvalue weighted by atomic mass is 14.5. The molecule has 0 spiro atoms. The lowest BCUT2D eigenvalue weighted by atomic mass is 9.89. The summed E-state index contributed by atoms with van der Waals surface area (Å²) >= 11 is 0. The molecule has 0 aliphatic rings. The van der Waals surface area contributed by atoms with E-state index in [1.165, 1.54) is 27.8 Å². The molecule has 0 aliphatic heterocycles. The molecular weight excluding hydrogens is 290 g/mol. The maximum Gasteiger partial charge on any atom is 0.0243 e. The Morgan fingerprint density at radius 2 is 1.17 bits per heavy atom. The molecule has 2 rings (SSSR count). The third kappa shape index (κ3) is 4.14. The first kappa shape index (κ1) is 17.6. The molecule has 0 amide bonds. The van der Waals surface area contributed by atoms with Crippen LogP contribution in [-0.4, -0.2) is 0 Å². The van der Waals surface area contributed by atoms with Crippen molar-refractivity contribution in [1.82, 2.24) is 0 Å². The fourth-order valence-corrected chi connectivity index (χ4v) is 2.93. The normalized spacial score (nSPS) is 12.1. The second kappa shape index (κ2) is 7.65. The molecule has 122 valence electrons. The highest BCUT2D eigenvalue weighted by Crippen LogP contribution is 2.34. The van der Waals surface area contributed by atoms with Crippen LogP contribution in [0.1, 0.15) is 31.9 Å². The van der Waals surface area contributed by atoms with E-state index >= 15 is 0 Å². The molecular formula is C23H25N. The van der Waals surface area contributed by atoms with E-state index in [-0.39, 0.29) is 0 Å². The Morgan fingerprint density at radius 3 is 1.58 bits per heavy atom. The molecule has 2 aromatic carbocycles. The van der Waals surface area contributed by atoms with E-state index in [1.807, 2.05) is 13.0 Å². The molecule has 1 nitrogen and oxygen atoms in total. The zero-order valence-corrected chi connectivity index (χ0v) is 14.8. The largest absolute Gasteiger partial charge is 0.399 e. The molecule has 0 heterocycles. The predicted octanol–water partition coefficient (Wildman–Crippen LogP) is 6.21. The quantitative estimate of drug-likeness (QED) is 0.652. The van der Waals surface area contributed by atoms with Gasteiger partial charge in [-0.05, 0) is 60.2 Å². The standard InChI is InChI=1S/C23H25N/c1-16(2)14-17(3)20-10-6-8-12-22(20)23-13-9-7-11-21(23)18(4)15-19(5)24/h6-15H,1,5,24H2,2-4H3/b17-14+,18-15+. The van der Waals surface area contributed by atoms with Crippen LogP contribution < -0.4 is 5.73 Å². The smallest absolute Gasteiger partial charge is 0.0243 e. The first-order valence-corrected chi connectivity index (χ1v) is 8.06. The summed E-state index contributed by atoms with van der Waals surface area (Å²) in [6.45, 7) is 14.0. The summed E-state index contributed by atoms with van der Waals surface area (Å²) in [5.41, 5.74) is 14.5. The van der Waals surface area contributed by atoms with Crippen LogP contribution in [0.2, 0.25) is 0 Å². The zero-order chi connectivity index (χ0) is 17.7.